The van der Waals surface area contributed by atoms with Gasteiger partial charge in [0.1, 0.15) is 5.56 Å². The van der Waals surface area contributed by atoms with Crippen molar-refractivity contribution in [3.8, 4) is 11.8 Å². The predicted octanol–water partition coefficient (Wildman–Crippen LogP) is 2.37. The van der Waals surface area contributed by atoms with Crippen molar-refractivity contribution in [1.29, 1.82) is 0 Å². The van der Waals surface area contributed by atoms with E-state index in [0.717, 1.165) is 10.9 Å². The molecule has 10 nitrogen and oxygen atoms in total. The lowest BCUT2D eigenvalue weighted by atomic mass is 10.0. The van der Waals surface area contributed by atoms with Crippen LogP contribution in [-0.2, 0) is 21.1 Å². The third kappa shape index (κ3) is 4.54. The van der Waals surface area contributed by atoms with Crippen LogP contribution in [-0.4, -0.2) is 36.2 Å². The van der Waals surface area contributed by atoms with E-state index in [2.05, 4.69) is 38.9 Å². The van der Waals surface area contributed by atoms with Gasteiger partial charge in [0, 0.05) is 44.8 Å². The van der Waals surface area contributed by atoms with Crippen LogP contribution in [0.15, 0.2) is 59.1 Å². The zero-order chi connectivity index (χ0) is 26.0. The minimum atomic E-state index is -0.513. The summed E-state index contributed by atoms with van der Waals surface area (Å²) in [4.78, 5) is 30.7. The lowest BCUT2D eigenvalue weighted by Gasteiger charge is -2.19. The second kappa shape index (κ2) is 9.76. The van der Waals surface area contributed by atoms with Gasteiger partial charge in [-0.1, -0.05) is 36.6 Å². The molecule has 4 rings (SSSR count). The third-order valence-corrected chi connectivity index (χ3v) is 5.72. The Morgan fingerprint density at radius 3 is 2.75 bits per heavy atom. The van der Waals surface area contributed by atoms with Crippen LogP contribution >= 0.6 is 0 Å². The van der Waals surface area contributed by atoms with Crippen molar-refractivity contribution in [2.24, 2.45) is 26.1 Å². The Balaban J connectivity index is 1.70. The molecule has 1 amide bonds. The van der Waals surface area contributed by atoms with Crippen LogP contribution in [0, 0.1) is 11.8 Å². The summed E-state index contributed by atoms with van der Waals surface area (Å²) in [6.45, 7) is 5.39. The van der Waals surface area contributed by atoms with Crippen LogP contribution in [0.4, 0.5) is 11.6 Å². The van der Waals surface area contributed by atoms with E-state index in [1.165, 1.54) is 21.5 Å². The Bertz CT molecular complexity index is 1640. The summed E-state index contributed by atoms with van der Waals surface area (Å²) in [5.74, 6) is 6.06. The highest BCUT2D eigenvalue weighted by Gasteiger charge is 2.23. The number of aliphatic imine (C=N–C) groups is 1. The molecule has 0 bridgehead atoms. The van der Waals surface area contributed by atoms with Gasteiger partial charge in [0.25, 0.3) is 11.5 Å². The molecular formula is C26H26N8O2. The van der Waals surface area contributed by atoms with Crippen LogP contribution < -0.4 is 16.6 Å². The molecule has 1 aromatic carbocycles. The standard InChI is InChI=1S/C26H26N8O2/c1-6-12-28-24-22(23(27)31-34(24)5)25(35)30-16(2)20-13-19-9-7-8-18(21(19)26(36)33(20)4)11-10-17-14-29-32(3)15-17/h6-9,12-16H,1H2,2-5H3,(H2,27,31)(H,30,35)/b28-12-. The molecule has 0 radical (unpaired) electrons. The summed E-state index contributed by atoms with van der Waals surface area (Å²) < 4.78 is 4.61. The fourth-order valence-corrected chi connectivity index (χ4v) is 3.98. The Labute approximate surface area is 207 Å². The van der Waals surface area contributed by atoms with Crippen LogP contribution in [0.5, 0.6) is 0 Å². The second-order valence-electron chi connectivity index (χ2n) is 8.27. The van der Waals surface area contributed by atoms with Gasteiger partial charge in [-0.25, -0.2) is 9.67 Å². The lowest BCUT2D eigenvalue weighted by molar-refractivity contribution is 0.0940. The summed E-state index contributed by atoms with van der Waals surface area (Å²) >= 11 is 0. The molecule has 0 spiro atoms. The zero-order valence-corrected chi connectivity index (χ0v) is 20.5. The van der Waals surface area contributed by atoms with Crippen LogP contribution in [0.1, 0.15) is 40.1 Å². The molecule has 1 atom stereocenters. The summed E-state index contributed by atoms with van der Waals surface area (Å²) in [7, 11) is 5.13. The molecule has 3 heterocycles. The van der Waals surface area contributed by atoms with Crippen LogP contribution in [0.2, 0.25) is 0 Å². The number of pyridine rings is 1. The van der Waals surface area contributed by atoms with Gasteiger partial charge in [-0.2, -0.15) is 10.2 Å². The molecule has 0 saturated carbocycles. The maximum atomic E-state index is 13.4. The van der Waals surface area contributed by atoms with Gasteiger partial charge >= 0.3 is 0 Å². The third-order valence-electron chi connectivity index (χ3n) is 5.72. The molecule has 36 heavy (non-hydrogen) atoms. The number of nitrogens with two attached hydrogens (primary N) is 1. The van der Waals surface area contributed by atoms with Gasteiger partial charge < -0.3 is 15.6 Å². The predicted molar refractivity (Wildman–Crippen MR) is 140 cm³/mol. The number of carbonyl (C=O) groups is 1. The van der Waals surface area contributed by atoms with Gasteiger partial charge in [0.05, 0.1) is 23.2 Å². The Morgan fingerprint density at radius 1 is 1.28 bits per heavy atom. The summed E-state index contributed by atoms with van der Waals surface area (Å²) in [6.07, 6.45) is 6.43. The fourth-order valence-electron chi connectivity index (χ4n) is 3.98. The lowest BCUT2D eigenvalue weighted by Crippen LogP contribution is -2.32. The molecule has 0 aliphatic heterocycles. The van der Waals surface area contributed by atoms with E-state index in [9.17, 15) is 9.59 Å². The molecule has 0 fully saturated rings. The molecule has 0 aliphatic carbocycles. The first-order valence-electron chi connectivity index (χ1n) is 11.1. The Hall–Kier alpha value is -4.91. The average molecular weight is 483 g/mol. The number of nitrogens with zero attached hydrogens (tertiary/aromatic N) is 6. The normalized spacial score (nSPS) is 11.9. The number of fused-ring (bicyclic) bond motifs is 1. The smallest absolute Gasteiger partial charge is 0.259 e. The molecule has 4 aromatic rings. The van der Waals surface area contributed by atoms with Gasteiger partial charge in [0.15, 0.2) is 11.6 Å². The number of benzene rings is 1. The molecule has 1 unspecified atom stereocenters. The number of anilines is 1. The maximum absolute atomic E-state index is 13.4. The highest BCUT2D eigenvalue weighted by molar-refractivity contribution is 6.03. The number of allylic oxidation sites excluding steroid dienone is 1. The summed E-state index contributed by atoms with van der Waals surface area (Å²) in [6, 6.07) is 6.88. The second-order valence-corrected chi connectivity index (χ2v) is 8.27. The quantitative estimate of drug-likeness (QED) is 0.334. The van der Waals surface area contributed by atoms with E-state index in [4.69, 9.17) is 5.73 Å². The maximum Gasteiger partial charge on any atom is 0.259 e. The van der Waals surface area contributed by atoms with Gasteiger partial charge in [-0.3, -0.25) is 14.3 Å². The van der Waals surface area contributed by atoms with E-state index >= 15 is 0 Å². The van der Waals surface area contributed by atoms with E-state index in [0.29, 0.717) is 22.5 Å². The van der Waals surface area contributed by atoms with E-state index < -0.39 is 11.9 Å². The van der Waals surface area contributed by atoms with Crippen LogP contribution in [0.3, 0.4) is 0 Å². The van der Waals surface area contributed by atoms with Crippen molar-refractivity contribution < 1.29 is 4.79 Å². The number of rotatable bonds is 5. The number of amides is 1. The summed E-state index contributed by atoms with van der Waals surface area (Å²) in [5, 5.41) is 12.4. The topological polar surface area (TPSA) is 125 Å². The number of carbonyl (C=O) groups excluding carboxylic acids is 1. The fraction of sp³-hybridized carbons (Fsp3) is 0.192. The monoisotopic (exact) mass is 482 g/mol. The van der Waals surface area contributed by atoms with Crippen molar-refractivity contribution in [2.75, 3.05) is 5.73 Å². The van der Waals surface area contributed by atoms with E-state index in [1.54, 1.807) is 31.9 Å². The van der Waals surface area contributed by atoms with Gasteiger partial charge in [-0.05, 0) is 24.4 Å². The molecule has 10 heteroatoms. The first-order valence-corrected chi connectivity index (χ1v) is 11.1. The van der Waals surface area contributed by atoms with Crippen molar-refractivity contribution in [2.45, 2.75) is 13.0 Å². The first kappa shape index (κ1) is 24.2. The van der Waals surface area contributed by atoms with Crippen LogP contribution in [0.25, 0.3) is 10.8 Å². The molecule has 182 valence electrons. The Morgan fingerprint density at radius 2 is 2.06 bits per heavy atom. The van der Waals surface area contributed by atoms with E-state index in [1.807, 2.05) is 37.5 Å². The van der Waals surface area contributed by atoms with E-state index in [-0.39, 0.29) is 16.9 Å². The highest BCUT2D eigenvalue weighted by atomic mass is 16.2. The zero-order valence-electron chi connectivity index (χ0n) is 20.5. The largest absolute Gasteiger partial charge is 0.381 e. The molecular weight excluding hydrogens is 456 g/mol. The number of aryl methyl sites for hydroxylation is 2. The Kier molecular flexibility index (Phi) is 6.56. The molecule has 0 saturated heterocycles. The van der Waals surface area contributed by atoms with Crippen molar-refractivity contribution >= 4 is 34.5 Å². The minimum absolute atomic E-state index is 0.0580. The number of nitrogen functional groups attached to an aromatic ring is 1. The highest BCUT2D eigenvalue weighted by Crippen LogP contribution is 2.25. The number of hydrogen-bond donors (Lipinski definition) is 2. The van der Waals surface area contributed by atoms with Crippen molar-refractivity contribution in [1.82, 2.24) is 29.4 Å². The molecule has 3 aromatic heterocycles. The molecule has 3 N–H and O–H groups in total. The minimum Gasteiger partial charge on any atom is -0.381 e. The first-order chi connectivity index (χ1) is 17.2. The van der Waals surface area contributed by atoms with Crippen molar-refractivity contribution in [3.63, 3.8) is 0 Å². The summed E-state index contributed by atoms with van der Waals surface area (Å²) in [5.41, 5.74) is 7.92. The number of aromatic nitrogens is 5. The average Bonchev–Trinajstić information content (AvgIpc) is 3.39. The SMILES string of the molecule is C=C/C=N\c1c(C(=O)NC(C)c2cc3cccc(C#Cc4cnn(C)c4)c3c(=O)n2C)c(N)nn1C. The molecule has 0 aliphatic rings. The number of hydrogen-bond acceptors (Lipinski definition) is 6. The number of nitrogens with one attached hydrogen (secondary N) is 1. The van der Waals surface area contributed by atoms with Gasteiger partial charge in [0.2, 0.25) is 0 Å². The van der Waals surface area contributed by atoms with Gasteiger partial charge in [-0.15, -0.1) is 0 Å². The van der Waals surface area contributed by atoms with Crippen molar-refractivity contribution in [3.05, 3.63) is 82.1 Å².